The lowest BCUT2D eigenvalue weighted by molar-refractivity contribution is 0.109. The Morgan fingerprint density at radius 1 is 1.32 bits per heavy atom. The number of hydrogen-bond donors (Lipinski definition) is 1. The van der Waals surface area contributed by atoms with Crippen molar-refractivity contribution in [3.05, 3.63) is 70.2 Å². The third-order valence-corrected chi connectivity index (χ3v) is 5.90. The van der Waals surface area contributed by atoms with Crippen LogP contribution in [0.15, 0.2) is 48.5 Å². The molecule has 2 amide bonds. The summed E-state index contributed by atoms with van der Waals surface area (Å²) in [4.78, 5) is 14.6. The number of hydrogen-bond acceptors (Lipinski definition) is 2. The van der Waals surface area contributed by atoms with Crippen molar-refractivity contribution in [2.75, 3.05) is 6.54 Å². The fourth-order valence-corrected chi connectivity index (χ4v) is 3.93. The van der Waals surface area contributed by atoms with E-state index in [-0.39, 0.29) is 18.0 Å². The average Bonchev–Trinajstić information content (AvgIpc) is 2.67. The smallest absolute Gasteiger partial charge is 0.317 e. The molecule has 1 fully saturated rings. The minimum Gasteiger partial charge on any atom is -0.335 e. The molecule has 1 saturated heterocycles. The van der Waals surface area contributed by atoms with E-state index in [1.807, 2.05) is 54.3 Å². The summed E-state index contributed by atoms with van der Waals surface area (Å²) < 4.78 is 0. The van der Waals surface area contributed by atoms with Crippen molar-refractivity contribution < 1.29 is 4.79 Å². The van der Waals surface area contributed by atoms with Gasteiger partial charge in [0, 0.05) is 29.6 Å². The highest BCUT2D eigenvalue weighted by atomic mass is 35.5. The van der Waals surface area contributed by atoms with Crippen molar-refractivity contribution >= 4 is 17.6 Å². The molecule has 0 saturated carbocycles. The van der Waals surface area contributed by atoms with Gasteiger partial charge in [-0.25, -0.2) is 4.79 Å². The maximum Gasteiger partial charge on any atom is 0.317 e. The maximum absolute atomic E-state index is 12.7. The lowest BCUT2D eigenvalue weighted by atomic mass is 9.86. The Kier molecular flexibility index (Phi) is 6.59. The third kappa shape index (κ3) is 4.66. The first kappa shape index (κ1) is 20.2. The summed E-state index contributed by atoms with van der Waals surface area (Å²) in [6.07, 6.45) is 2.82. The number of urea groups is 1. The van der Waals surface area contributed by atoms with Crippen molar-refractivity contribution in [3.8, 4) is 6.07 Å². The van der Waals surface area contributed by atoms with E-state index in [0.717, 1.165) is 36.9 Å². The van der Waals surface area contributed by atoms with Crippen molar-refractivity contribution in [2.24, 2.45) is 0 Å². The molecule has 3 rings (SSSR count). The molecule has 2 aromatic rings. The van der Waals surface area contributed by atoms with Gasteiger partial charge in [0.15, 0.2) is 0 Å². The molecule has 2 unspecified atom stereocenters. The van der Waals surface area contributed by atoms with Crippen LogP contribution in [0.25, 0.3) is 0 Å². The highest BCUT2D eigenvalue weighted by Crippen LogP contribution is 2.27. The quantitative estimate of drug-likeness (QED) is 0.737. The Balaban J connectivity index is 1.81. The molecular weight excluding hydrogens is 370 g/mol. The van der Waals surface area contributed by atoms with Crippen molar-refractivity contribution in [3.63, 3.8) is 0 Å². The van der Waals surface area contributed by atoms with Gasteiger partial charge in [-0.3, -0.25) is 0 Å². The van der Waals surface area contributed by atoms with Gasteiger partial charge >= 0.3 is 6.03 Å². The number of carbonyl (C=O) groups is 1. The summed E-state index contributed by atoms with van der Waals surface area (Å²) in [5.41, 5.74) is 2.83. The minimum atomic E-state index is -0.0739. The molecule has 0 spiro atoms. The largest absolute Gasteiger partial charge is 0.335 e. The second kappa shape index (κ2) is 9.12. The molecule has 0 bridgehead atoms. The molecule has 3 atom stereocenters. The molecule has 0 aliphatic carbocycles. The monoisotopic (exact) mass is 395 g/mol. The fourth-order valence-electron chi connectivity index (χ4n) is 3.81. The van der Waals surface area contributed by atoms with Crippen molar-refractivity contribution in [1.29, 1.82) is 5.26 Å². The summed E-state index contributed by atoms with van der Waals surface area (Å²) in [6, 6.07) is 17.9. The number of halogens is 1. The number of nitriles is 1. The van der Waals surface area contributed by atoms with Gasteiger partial charge in [-0.1, -0.05) is 42.8 Å². The van der Waals surface area contributed by atoms with Gasteiger partial charge in [-0.2, -0.15) is 5.26 Å². The van der Waals surface area contributed by atoms with E-state index in [2.05, 4.69) is 18.3 Å². The van der Waals surface area contributed by atoms with Crippen molar-refractivity contribution in [1.82, 2.24) is 10.2 Å². The second-order valence-electron chi connectivity index (χ2n) is 7.46. The van der Waals surface area contributed by atoms with Crippen LogP contribution in [0.4, 0.5) is 4.79 Å². The minimum absolute atomic E-state index is 0.00291. The number of carbonyl (C=O) groups excluding carboxylic acids is 1. The lowest BCUT2D eigenvalue weighted by Gasteiger charge is -2.41. The van der Waals surface area contributed by atoms with E-state index >= 15 is 0 Å². The molecular formula is C23H26ClN3O. The average molecular weight is 396 g/mol. The Morgan fingerprint density at radius 2 is 2.07 bits per heavy atom. The van der Waals surface area contributed by atoms with E-state index in [1.165, 1.54) is 0 Å². The first-order valence-electron chi connectivity index (χ1n) is 9.83. The van der Waals surface area contributed by atoms with Gasteiger partial charge in [0.1, 0.15) is 0 Å². The van der Waals surface area contributed by atoms with E-state index in [9.17, 15) is 10.1 Å². The second-order valence-corrected chi connectivity index (χ2v) is 7.89. The summed E-state index contributed by atoms with van der Waals surface area (Å²) in [5, 5.41) is 13.2. The summed E-state index contributed by atoms with van der Waals surface area (Å²) in [6.45, 7) is 4.98. The molecule has 5 heteroatoms. The molecule has 28 heavy (non-hydrogen) atoms. The standard InChI is InChI=1S/C23H26ClN3O/c1-3-21-11-12-27(21)23(28)26-16(2)22(14-17-7-9-20(24)10-8-17)19-6-4-5-18(13-19)15-25/h4-10,13,16,21-22H,3,11-12,14H2,1-2H3,(H,26,28)/t16?,21?,22-/m1/s1. The number of amides is 2. The van der Waals surface area contributed by atoms with Crippen LogP contribution in [-0.2, 0) is 6.42 Å². The normalized spacial score (nSPS) is 17.9. The Labute approximate surface area is 172 Å². The number of likely N-dealkylation sites (tertiary alicyclic amines) is 1. The van der Waals surface area contributed by atoms with Gasteiger partial charge in [0.05, 0.1) is 11.6 Å². The molecule has 0 aromatic heterocycles. The predicted octanol–water partition coefficient (Wildman–Crippen LogP) is 5.12. The molecule has 1 aliphatic heterocycles. The Morgan fingerprint density at radius 3 is 2.68 bits per heavy atom. The first-order chi connectivity index (χ1) is 13.5. The molecule has 1 N–H and O–H groups in total. The summed E-state index contributed by atoms with van der Waals surface area (Å²) in [7, 11) is 0. The Bertz CT molecular complexity index is 857. The number of nitrogens with zero attached hydrogens (tertiary/aromatic N) is 2. The number of nitrogens with one attached hydrogen (secondary N) is 1. The maximum atomic E-state index is 12.7. The van der Waals surface area contributed by atoms with Gasteiger partial charge in [0.25, 0.3) is 0 Å². The van der Waals surface area contributed by atoms with E-state index in [1.54, 1.807) is 6.07 Å². The molecule has 4 nitrogen and oxygen atoms in total. The van der Waals surface area contributed by atoms with Gasteiger partial charge in [-0.15, -0.1) is 0 Å². The van der Waals surface area contributed by atoms with Crippen LogP contribution < -0.4 is 5.32 Å². The SMILES string of the molecule is CCC1CCN1C(=O)NC(C)[C@@H](Cc1ccc(Cl)cc1)c1cccc(C#N)c1. The molecule has 0 radical (unpaired) electrons. The van der Waals surface area contributed by atoms with Crippen molar-refractivity contribution in [2.45, 2.75) is 51.1 Å². The van der Waals surface area contributed by atoms with Crippen LogP contribution in [0.3, 0.4) is 0 Å². The van der Waals surface area contributed by atoms with Crippen LogP contribution in [0.2, 0.25) is 5.02 Å². The first-order valence-corrected chi connectivity index (χ1v) is 10.2. The third-order valence-electron chi connectivity index (χ3n) is 5.64. The van der Waals surface area contributed by atoms with Crippen LogP contribution in [0.5, 0.6) is 0 Å². The Hall–Kier alpha value is -2.51. The van der Waals surface area contributed by atoms with E-state index in [4.69, 9.17) is 11.6 Å². The number of rotatable bonds is 6. The molecule has 2 aromatic carbocycles. The van der Waals surface area contributed by atoms with E-state index in [0.29, 0.717) is 16.6 Å². The van der Waals surface area contributed by atoms with Crippen LogP contribution in [0, 0.1) is 11.3 Å². The van der Waals surface area contributed by atoms with Crippen LogP contribution in [-0.4, -0.2) is 29.6 Å². The summed E-state index contributed by atoms with van der Waals surface area (Å²) in [5.74, 6) is 0.0554. The molecule has 146 valence electrons. The number of benzene rings is 2. The van der Waals surface area contributed by atoms with Crippen LogP contribution >= 0.6 is 11.6 Å². The van der Waals surface area contributed by atoms with Gasteiger partial charge in [0.2, 0.25) is 0 Å². The zero-order valence-corrected chi connectivity index (χ0v) is 17.1. The highest BCUT2D eigenvalue weighted by molar-refractivity contribution is 6.30. The zero-order chi connectivity index (χ0) is 20.1. The zero-order valence-electron chi connectivity index (χ0n) is 16.4. The lowest BCUT2D eigenvalue weighted by Crippen LogP contribution is -2.56. The summed E-state index contributed by atoms with van der Waals surface area (Å²) >= 11 is 6.02. The predicted molar refractivity (Wildman–Crippen MR) is 112 cm³/mol. The topological polar surface area (TPSA) is 56.1 Å². The van der Waals surface area contributed by atoms with Crippen LogP contribution in [0.1, 0.15) is 49.3 Å². The van der Waals surface area contributed by atoms with Gasteiger partial charge in [-0.05, 0) is 61.6 Å². The highest BCUT2D eigenvalue weighted by Gasteiger charge is 2.32. The molecule has 1 aliphatic rings. The fraction of sp³-hybridized carbons (Fsp3) is 0.391. The molecule has 1 heterocycles. The van der Waals surface area contributed by atoms with E-state index < -0.39 is 0 Å². The van der Waals surface area contributed by atoms with Gasteiger partial charge < -0.3 is 10.2 Å².